The molecule has 0 spiro atoms. The molecule has 0 amide bonds. The average Bonchev–Trinajstić information content (AvgIpc) is 2.19. The zero-order valence-corrected chi connectivity index (χ0v) is 5.61. The van der Waals surface area contributed by atoms with E-state index in [9.17, 15) is 0 Å². The lowest BCUT2D eigenvalue weighted by Gasteiger charge is -2.01. The van der Waals surface area contributed by atoms with Crippen LogP contribution >= 0.6 is 11.8 Å². The maximum Gasteiger partial charge on any atom is 0.139 e. The summed E-state index contributed by atoms with van der Waals surface area (Å²) in [5.41, 5.74) is 0. The molecule has 0 aromatic carbocycles. The Bertz CT molecular complexity index is 61.4. The molecule has 1 atom stereocenters. The summed E-state index contributed by atoms with van der Waals surface area (Å²) < 4.78 is 9.87. The summed E-state index contributed by atoms with van der Waals surface area (Å²) in [5, 5.41) is 0.528. The van der Waals surface area contributed by atoms with E-state index in [1.54, 1.807) is 24.8 Å². The maximum absolute atomic E-state index is 4.97. The van der Waals surface area contributed by atoms with E-state index in [1.165, 1.54) is 0 Å². The average molecular weight is 133 g/mol. The van der Waals surface area contributed by atoms with E-state index in [0.29, 0.717) is 5.25 Å². The van der Waals surface area contributed by atoms with Crippen LogP contribution in [0.4, 0.5) is 0 Å². The summed E-state index contributed by atoms with van der Waals surface area (Å²) in [6, 6.07) is 0. The van der Waals surface area contributed by atoms with Crippen LogP contribution in [0.5, 0.6) is 0 Å². The molecule has 0 aromatic heterocycles. The summed E-state index contributed by atoms with van der Waals surface area (Å²) in [7, 11) is 1.71. The van der Waals surface area contributed by atoms with Gasteiger partial charge in [0, 0.05) is 7.11 Å². The first-order valence-corrected chi connectivity index (χ1v) is 3.45. The molecule has 1 rings (SSSR count). The molecule has 1 fully saturated rings. The predicted octanol–water partition coefficient (Wildman–Crippen LogP) is 0.884. The molecule has 8 heavy (non-hydrogen) atoms. The molecule has 47 valence electrons. The summed E-state index contributed by atoms with van der Waals surface area (Å²) in [5.74, 6) is 1.77. The second kappa shape index (κ2) is 3.33. The number of hydrogen-bond acceptors (Lipinski definition) is 3. The summed E-state index contributed by atoms with van der Waals surface area (Å²) in [6.07, 6.45) is 0. The molecule has 1 saturated heterocycles. The van der Waals surface area contributed by atoms with Gasteiger partial charge in [-0.05, 0) is 0 Å². The van der Waals surface area contributed by atoms with Gasteiger partial charge in [0.25, 0.3) is 0 Å². The molecule has 3 heteroatoms. The van der Waals surface area contributed by atoms with Gasteiger partial charge in [-0.2, -0.15) is 0 Å². The van der Waals surface area contributed by atoms with Crippen molar-refractivity contribution in [1.82, 2.24) is 0 Å². The Kier molecular flexibility index (Phi) is 2.66. The molecular weight excluding hydrogens is 124 g/mol. The molecule has 0 aromatic rings. The minimum atomic E-state index is 0.528. The van der Waals surface area contributed by atoms with Gasteiger partial charge in [-0.1, -0.05) is 0 Å². The Morgan fingerprint density at radius 2 is 2.88 bits per heavy atom. The Balaban J connectivity index is 2.06. The van der Waals surface area contributed by atoms with Gasteiger partial charge < -0.3 is 9.47 Å². The first kappa shape index (κ1) is 6.39. The van der Waals surface area contributed by atoms with E-state index < -0.39 is 0 Å². The fourth-order valence-electron chi connectivity index (χ4n) is 0.577. The molecule has 1 heterocycles. The Morgan fingerprint density at radius 3 is 3.38 bits per heavy atom. The minimum Gasteiger partial charge on any atom is -0.383 e. The fraction of sp³-hybridized carbons (Fsp3) is 0.800. The van der Waals surface area contributed by atoms with Gasteiger partial charge in [0.15, 0.2) is 0 Å². The van der Waals surface area contributed by atoms with Crippen molar-refractivity contribution < 1.29 is 9.47 Å². The molecule has 0 aliphatic carbocycles. The largest absolute Gasteiger partial charge is 0.383 e. The third-order valence-electron chi connectivity index (χ3n) is 0.951. The first-order chi connectivity index (χ1) is 3.93. The van der Waals surface area contributed by atoms with Crippen LogP contribution in [0.1, 0.15) is 0 Å². The molecule has 1 aliphatic rings. The SMILES string of the molecule is COCC1CO[CH]S1. The van der Waals surface area contributed by atoms with Crippen LogP contribution in [0, 0.1) is 5.94 Å². The molecule has 0 N–H and O–H groups in total. The lowest BCUT2D eigenvalue weighted by atomic mass is 10.5. The second-order valence-corrected chi connectivity index (χ2v) is 2.77. The standard InChI is InChI=1S/C5H9O2S/c1-6-2-5-3-7-4-8-5/h4-5H,2-3H2,1H3. The zero-order valence-electron chi connectivity index (χ0n) is 4.79. The highest BCUT2D eigenvalue weighted by Gasteiger charge is 2.15. The third kappa shape index (κ3) is 1.65. The van der Waals surface area contributed by atoms with Crippen molar-refractivity contribution in [2.24, 2.45) is 0 Å². The van der Waals surface area contributed by atoms with Gasteiger partial charge in [0.1, 0.15) is 5.94 Å². The number of hydrogen-bond donors (Lipinski definition) is 0. The molecular formula is C5H9O2S. The highest BCUT2D eigenvalue weighted by molar-refractivity contribution is 8.01. The predicted molar refractivity (Wildman–Crippen MR) is 33.5 cm³/mol. The van der Waals surface area contributed by atoms with E-state index in [4.69, 9.17) is 9.47 Å². The zero-order chi connectivity index (χ0) is 5.82. The normalized spacial score (nSPS) is 28.9. The van der Waals surface area contributed by atoms with E-state index >= 15 is 0 Å². The van der Waals surface area contributed by atoms with Crippen LogP contribution in [0.2, 0.25) is 0 Å². The van der Waals surface area contributed by atoms with Gasteiger partial charge in [-0.15, -0.1) is 11.8 Å². The Labute approximate surface area is 53.5 Å². The third-order valence-corrected chi connectivity index (χ3v) is 1.85. The van der Waals surface area contributed by atoms with Crippen molar-refractivity contribution in [3.63, 3.8) is 0 Å². The molecule has 0 bridgehead atoms. The maximum atomic E-state index is 4.97. The van der Waals surface area contributed by atoms with E-state index in [-0.39, 0.29) is 0 Å². The van der Waals surface area contributed by atoms with E-state index in [1.807, 2.05) is 0 Å². The van der Waals surface area contributed by atoms with Crippen LogP contribution in [-0.4, -0.2) is 25.6 Å². The van der Waals surface area contributed by atoms with Gasteiger partial charge in [0.05, 0.1) is 18.5 Å². The van der Waals surface area contributed by atoms with Gasteiger partial charge in [-0.3, -0.25) is 0 Å². The van der Waals surface area contributed by atoms with E-state index in [0.717, 1.165) is 13.2 Å². The molecule has 1 aliphatic heterocycles. The summed E-state index contributed by atoms with van der Waals surface area (Å²) >= 11 is 1.69. The topological polar surface area (TPSA) is 18.5 Å². The lowest BCUT2D eigenvalue weighted by molar-refractivity contribution is 0.168. The van der Waals surface area contributed by atoms with Crippen molar-refractivity contribution in [3.8, 4) is 0 Å². The summed E-state index contributed by atoms with van der Waals surface area (Å²) in [6.45, 7) is 1.60. The number of thioether (sulfide) groups is 1. The van der Waals surface area contributed by atoms with Crippen LogP contribution in [0.25, 0.3) is 0 Å². The molecule has 2 nitrogen and oxygen atoms in total. The van der Waals surface area contributed by atoms with E-state index in [2.05, 4.69) is 0 Å². The Hall–Kier alpha value is 0.270. The van der Waals surface area contributed by atoms with Crippen molar-refractivity contribution in [2.45, 2.75) is 5.25 Å². The monoisotopic (exact) mass is 133 g/mol. The highest BCUT2D eigenvalue weighted by atomic mass is 32.2. The van der Waals surface area contributed by atoms with Gasteiger partial charge in [-0.25, -0.2) is 0 Å². The van der Waals surface area contributed by atoms with Crippen molar-refractivity contribution >= 4 is 11.8 Å². The minimum absolute atomic E-state index is 0.528. The van der Waals surface area contributed by atoms with Crippen molar-refractivity contribution in [1.29, 1.82) is 0 Å². The van der Waals surface area contributed by atoms with Crippen LogP contribution in [0.15, 0.2) is 0 Å². The number of methoxy groups -OCH3 is 1. The highest BCUT2D eigenvalue weighted by Crippen LogP contribution is 2.22. The smallest absolute Gasteiger partial charge is 0.139 e. The van der Waals surface area contributed by atoms with Crippen molar-refractivity contribution in [3.05, 3.63) is 5.94 Å². The molecule has 1 unspecified atom stereocenters. The lowest BCUT2D eigenvalue weighted by Crippen LogP contribution is -2.10. The van der Waals surface area contributed by atoms with Crippen LogP contribution in [-0.2, 0) is 9.47 Å². The Morgan fingerprint density at radius 1 is 2.00 bits per heavy atom. The fourth-order valence-corrected chi connectivity index (χ4v) is 1.26. The van der Waals surface area contributed by atoms with Gasteiger partial charge >= 0.3 is 0 Å². The molecule has 0 saturated carbocycles. The van der Waals surface area contributed by atoms with Crippen molar-refractivity contribution in [2.75, 3.05) is 20.3 Å². The quantitative estimate of drug-likeness (QED) is 0.557. The van der Waals surface area contributed by atoms with Gasteiger partial charge in [0.2, 0.25) is 0 Å². The first-order valence-electron chi connectivity index (χ1n) is 2.51. The number of ether oxygens (including phenoxy) is 2. The second-order valence-electron chi connectivity index (χ2n) is 1.64. The summed E-state index contributed by atoms with van der Waals surface area (Å²) in [4.78, 5) is 0. The van der Waals surface area contributed by atoms with Crippen LogP contribution < -0.4 is 0 Å². The molecule has 1 radical (unpaired) electrons. The van der Waals surface area contributed by atoms with Crippen LogP contribution in [0.3, 0.4) is 0 Å². The number of rotatable bonds is 2.